The Bertz CT molecular complexity index is 684. The molecule has 1 saturated heterocycles. The number of para-hydroxylation sites is 1. The molecule has 1 aliphatic heterocycles. The number of carbonyl (C=O) groups excluding carboxylic acids is 1. The van der Waals surface area contributed by atoms with Crippen molar-refractivity contribution in [3.8, 4) is 5.69 Å². The van der Waals surface area contributed by atoms with E-state index in [-0.39, 0.29) is 12.0 Å². The number of amides is 1. The molecule has 1 aromatic heterocycles. The van der Waals surface area contributed by atoms with Gasteiger partial charge >= 0.3 is 0 Å². The molecule has 0 radical (unpaired) electrons. The zero-order valence-corrected chi connectivity index (χ0v) is 13.9. The standard InChI is InChI=1S/C17H20ClN3O2/c1-2-23-13-6-5-10-20(12-13)17(22)15-9-11-21(19-15)16-8-4-3-7-14(16)18/h3-4,7-9,11,13H,2,5-6,10,12H2,1H3. The van der Waals surface area contributed by atoms with Crippen molar-refractivity contribution in [2.24, 2.45) is 0 Å². The van der Waals surface area contributed by atoms with Crippen molar-refractivity contribution in [3.63, 3.8) is 0 Å². The number of rotatable bonds is 4. The van der Waals surface area contributed by atoms with Crippen LogP contribution in [0.25, 0.3) is 5.69 Å². The summed E-state index contributed by atoms with van der Waals surface area (Å²) in [5, 5.41) is 4.99. The van der Waals surface area contributed by atoms with Crippen LogP contribution in [0.2, 0.25) is 5.02 Å². The van der Waals surface area contributed by atoms with E-state index >= 15 is 0 Å². The fourth-order valence-electron chi connectivity index (χ4n) is 2.87. The lowest BCUT2D eigenvalue weighted by Crippen LogP contribution is -2.43. The summed E-state index contributed by atoms with van der Waals surface area (Å²) in [5.41, 5.74) is 1.20. The summed E-state index contributed by atoms with van der Waals surface area (Å²) in [5.74, 6) is -0.0554. The van der Waals surface area contributed by atoms with Crippen LogP contribution in [0.4, 0.5) is 0 Å². The Labute approximate surface area is 140 Å². The van der Waals surface area contributed by atoms with E-state index in [1.54, 1.807) is 23.0 Å². The lowest BCUT2D eigenvalue weighted by Gasteiger charge is -2.32. The van der Waals surface area contributed by atoms with Crippen molar-refractivity contribution in [3.05, 3.63) is 47.2 Å². The highest BCUT2D eigenvalue weighted by atomic mass is 35.5. The number of aromatic nitrogens is 2. The van der Waals surface area contributed by atoms with Crippen LogP contribution in [-0.4, -0.2) is 46.4 Å². The smallest absolute Gasteiger partial charge is 0.274 e. The van der Waals surface area contributed by atoms with Crippen molar-refractivity contribution in [2.75, 3.05) is 19.7 Å². The van der Waals surface area contributed by atoms with Gasteiger partial charge in [0.1, 0.15) is 0 Å². The molecule has 1 fully saturated rings. The maximum absolute atomic E-state index is 12.6. The molecule has 1 aromatic carbocycles. The number of hydrogen-bond donors (Lipinski definition) is 0. The largest absolute Gasteiger partial charge is 0.377 e. The lowest BCUT2D eigenvalue weighted by atomic mass is 10.1. The molecule has 0 aliphatic carbocycles. The summed E-state index contributed by atoms with van der Waals surface area (Å²) in [7, 11) is 0. The first-order valence-electron chi connectivity index (χ1n) is 7.90. The number of likely N-dealkylation sites (tertiary alicyclic amines) is 1. The second-order valence-electron chi connectivity index (χ2n) is 5.57. The number of piperidine rings is 1. The van der Waals surface area contributed by atoms with Crippen LogP contribution in [0, 0.1) is 0 Å². The minimum Gasteiger partial charge on any atom is -0.377 e. The van der Waals surface area contributed by atoms with Gasteiger partial charge in [-0.05, 0) is 38.0 Å². The highest BCUT2D eigenvalue weighted by Crippen LogP contribution is 2.20. The van der Waals surface area contributed by atoms with Gasteiger partial charge in [0.15, 0.2) is 5.69 Å². The molecule has 1 amide bonds. The Morgan fingerprint density at radius 1 is 1.39 bits per heavy atom. The number of hydrogen-bond acceptors (Lipinski definition) is 3. The molecule has 2 aromatic rings. The monoisotopic (exact) mass is 333 g/mol. The van der Waals surface area contributed by atoms with Gasteiger partial charge < -0.3 is 9.64 Å². The van der Waals surface area contributed by atoms with Crippen molar-refractivity contribution in [1.29, 1.82) is 0 Å². The number of halogens is 1. The van der Waals surface area contributed by atoms with E-state index in [4.69, 9.17) is 16.3 Å². The third-order valence-electron chi connectivity index (χ3n) is 3.98. The summed E-state index contributed by atoms with van der Waals surface area (Å²) >= 11 is 6.18. The Morgan fingerprint density at radius 2 is 2.22 bits per heavy atom. The van der Waals surface area contributed by atoms with Crippen molar-refractivity contribution in [1.82, 2.24) is 14.7 Å². The van der Waals surface area contributed by atoms with Crippen LogP contribution in [0.15, 0.2) is 36.5 Å². The zero-order valence-electron chi connectivity index (χ0n) is 13.1. The lowest BCUT2D eigenvalue weighted by molar-refractivity contribution is 0.00702. The Kier molecular flexibility index (Phi) is 4.98. The van der Waals surface area contributed by atoms with E-state index in [2.05, 4.69) is 5.10 Å². The van der Waals surface area contributed by atoms with Crippen molar-refractivity contribution >= 4 is 17.5 Å². The van der Waals surface area contributed by atoms with Crippen LogP contribution in [0.1, 0.15) is 30.3 Å². The predicted molar refractivity (Wildman–Crippen MR) is 89.1 cm³/mol. The predicted octanol–water partition coefficient (Wildman–Crippen LogP) is 3.17. The van der Waals surface area contributed by atoms with Gasteiger partial charge in [0.05, 0.1) is 16.8 Å². The van der Waals surface area contributed by atoms with E-state index in [0.717, 1.165) is 25.1 Å². The summed E-state index contributed by atoms with van der Waals surface area (Å²) in [6.07, 6.45) is 3.86. The van der Waals surface area contributed by atoms with Crippen LogP contribution >= 0.6 is 11.6 Å². The second kappa shape index (κ2) is 7.15. The first-order chi connectivity index (χ1) is 11.2. The zero-order chi connectivity index (χ0) is 16.2. The van der Waals surface area contributed by atoms with E-state index in [9.17, 15) is 4.79 Å². The SMILES string of the molecule is CCOC1CCCN(C(=O)c2ccn(-c3ccccc3Cl)n2)C1. The van der Waals surface area contributed by atoms with Crippen LogP contribution in [-0.2, 0) is 4.74 Å². The molecule has 1 unspecified atom stereocenters. The molecule has 6 heteroatoms. The Hall–Kier alpha value is -1.85. The molecule has 2 heterocycles. The van der Waals surface area contributed by atoms with E-state index in [1.807, 2.05) is 30.0 Å². The fraction of sp³-hybridized carbons (Fsp3) is 0.412. The van der Waals surface area contributed by atoms with Crippen LogP contribution in [0.3, 0.4) is 0 Å². The van der Waals surface area contributed by atoms with Gasteiger partial charge in [-0.2, -0.15) is 5.10 Å². The number of carbonyl (C=O) groups is 1. The highest BCUT2D eigenvalue weighted by Gasteiger charge is 2.26. The van der Waals surface area contributed by atoms with Gasteiger partial charge in [-0.3, -0.25) is 4.79 Å². The molecular formula is C17H20ClN3O2. The maximum atomic E-state index is 12.6. The van der Waals surface area contributed by atoms with E-state index in [0.29, 0.717) is 23.9 Å². The van der Waals surface area contributed by atoms with Crippen LogP contribution < -0.4 is 0 Å². The molecule has 0 bridgehead atoms. The third-order valence-corrected chi connectivity index (χ3v) is 4.29. The molecule has 122 valence electrons. The van der Waals surface area contributed by atoms with E-state index < -0.39 is 0 Å². The second-order valence-corrected chi connectivity index (χ2v) is 5.97. The topological polar surface area (TPSA) is 47.4 Å². The first-order valence-corrected chi connectivity index (χ1v) is 8.28. The molecule has 0 spiro atoms. The average Bonchev–Trinajstić information content (AvgIpc) is 3.05. The highest BCUT2D eigenvalue weighted by molar-refractivity contribution is 6.32. The molecule has 3 rings (SSSR count). The van der Waals surface area contributed by atoms with Gasteiger partial charge in [-0.15, -0.1) is 0 Å². The number of benzene rings is 1. The summed E-state index contributed by atoms with van der Waals surface area (Å²) in [6.45, 7) is 4.03. The number of ether oxygens (including phenoxy) is 1. The fourth-order valence-corrected chi connectivity index (χ4v) is 3.09. The minimum absolute atomic E-state index is 0.0554. The molecule has 23 heavy (non-hydrogen) atoms. The Morgan fingerprint density at radius 3 is 3.00 bits per heavy atom. The molecule has 1 aliphatic rings. The maximum Gasteiger partial charge on any atom is 0.274 e. The number of nitrogens with zero attached hydrogens (tertiary/aromatic N) is 3. The Balaban J connectivity index is 1.75. The van der Waals surface area contributed by atoms with E-state index in [1.165, 1.54) is 0 Å². The van der Waals surface area contributed by atoms with Crippen molar-refractivity contribution in [2.45, 2.75) is 25.9 Å². The molecule has 5 nitrogen and oxygen atoms in total. The molecule has 0 saturated carbocycles. The van der Waals surface area contributed by atoms with Gasteiger partial charge in [0.2, 0.25) is 0 Å². The summed E-state index contributed by atoms with van der Waals surface area (Å²) < 4.78 is 7.29. The molecule has 0 N–H and O–H groups in total. The van der Waals surface area contributed by atoms with Gasteiger partial charge in [-0.25, -0.2) is 4.68 Å². The summed E-state index contributed by atoms with van der Waals surface area (Å²) in [4.78, 5) is 14.5. The molecule has 1 atom stereocenters. The first kappa shape index (κ1) is 16.0. The van der Waals surface area contributed by atoms with Crippen LogP contribution in [0.5, 0.6) is 0 Å². The average molecular weight is 334 g/mol. The summed E-state index contributed by atoms with van der Waals surface area (Å²) in [6, 6.07) is 9.16. The third kappa shape index (κ3) is 3.57. The van der Waals surface area contributed by atoms with Gasteiger partial charge in [0, 0.05) is 25.9 Å². The normalized spacial score (nSPS) is 18.2. The van der Waals surface area contributed by atoms with Gasteiger partial charge in [0.25, 0.3) is 5.91 Å². The van der Waals surface area contributed by atoms with Gasteiger partial charge in [-0.1, -0.05) is 23.7 Å². The quantitative estimate of drug-likeness (QED) is 0.863. The minimum atomic E-state index is -0.0554. The van der Waals surface area contributed by atoms with Crippen molar-refractivity contribution < 1.29 is 9.53 Å². The molecular weight excluding hydrogens is 314 g/mol.